The van der Waals surface area contributed by atoms with Gasteiger partial charge in [-0.15, -0.1) is 0 Å². The number of imidazole rings is 1. The first-order valence-corrected chi connectivity index (χ1v) is 7.28. The Kier molecular flexibility index (Phi) is 3.71. The highest BCUT2D eigenvalue weighted by Crippen LogP contribution is 2.21. The van der Waals surface area contributed by atoms with Gasteiger partial charge in [0.15, 0.2) is 5.65 Å². The van der Waals surface area contributed by atoms with Gasteiger partial charge in [-0.25, -0.2) is 9.97 Å². The van der Waals surface area contributed by atoms with E-state index >= 15 is 0 Å². The van der Waals surface area contributed by atoms with Crippen LogP contribution < -0.4 is 0 Å². The minimum absolute atomic E-state index is 0.175. The monoisotopic (exact) mass is 281 g/mol. The van der Waals surface area contributed by atoms with Gasteiger partial charge >= 0.3 is 0 Å². The first-order chi connectivity index (χ1) is 10.2. The lowest BCUT2D eigenvalue weighted by Gasteiger charge is -2.08. The van der Waals surface area contributed by atoms with Crippen LogP contribution >= 0.6 is 0 Å². The zero-order valence-corrected chi connectivity index (χ0v) is 12.4. The van der Waals surface area contributed by atoms with E-state index < -0.39 is 0 Å². The predicted molar refractivity (Wildman–Crippen MR) is 83.8 cm³/mol. The molecule has 0 spiro atoms. The van der Waals surface area contributed by atoms with Gasteiger partial charge in [0.1, 0.15) is 11.3 Å². The van der Waals surface area contributed by atoms with E-state index in [4.69, 9.17) is 5.11 Å². The summed E-state index contributed by atoms with van der Waals surface area (Å²) in [7, 11) is 0. The van der Waals surface area contributed by atoms with Crippen LogP contribution in [0.3, 0.4) is 0 Å². The Bertz CT molecular complexity index is 760. The normalized spacial score (nSPS) is 11.2. The summed E-state index contributed by atoms with van der Waals surface area (Å²) in [5.41, 5.74) is 5.02. The lowest BCUT2D eigenvalue weighted by molar-refractivity contribution is 0.299. The van der Waals surface area contributed by atoms with Crippen molar-refractivity contribution in [2.45, 2.75) is 26.7 Å². The molecule has 1 N–H and O–H groups in total. The Hall–Kier alpha value is -2.20. The first kappa shape index (κ1) is 13.8. The summed E-state index contributed by atoms with van der Waals surface area (Å²) >= 11 is 0. The molecular formula is C17H19N3O. The van der Waals surface area contributed by atoms with E-state index in [0.717, 1.165) is 40.4 Å². The molecule has 2 aromatic heterocycles. The van der Waals surface area contributed by atoms with E-state index in [9.17, 15) is 0 Å². The first-order valence-electron chi connectivity index (χ1n) is 7.28. The Morgan fingerprint density at radius 3 is 2.48 bits per heavy atom. The van der Waals surface area contributed by atoms with E-state index in [-0.39, 0.29) is 6.61 Å². The minimum atomic E-state index is 0.175. The molecule has 2 heterocycles. The number of pyridine rings is 1. The van der Waals surface area contributed by atoms with Crippen molar-refractivity contribution in [3.8, 4) is 5.69 Å². The summed E-state index contributed by atoms with van der Waals surface area (Å²) in [6.45, 7) is 4.27. The largest absolute Gasteiger partial charge is 0.396 e. The summed E-state index contributed by atoms with van der Waals surface area (Å²) in [5.74, 6) is 1.01. The van der Waals surface area contributed by atoms with Crippen LogP contribution in [0.5, 0.6) is 0 Å². The maximum atomic E-state index is 9.00. The standard InChI is InChI=1S/C17H19N3O/c1-3-16-19-15-9-4-12(2)18-17(15)20(16)14-7-5-13(6-8-14)10-11-21/h4-9,21H,3,10-11H2,1-2H3. The highest BCUT2D eigenvalue weighted by Gasteiger charge is 2.12. The van der Waals surface area contributed by atoms with E-state index in [1.807, 2.05) is 31.2 Å². The van der Waals surface area contributed by atoms with Gasteiger partial charge in [0, 0.05) is 24.4 Å². The number of nitrogens with zero attached hydrogens (tertiary/aromatic N) is 3. The number of fused-ring (bicyclic) bond motifs is 1. The van der Waals surface area contributed by atoms with Gasteiger partial charge in [-0.05, 0) is 43.2 Å². The van der Waals surface area contributed by atoms with Gasteiger partial charge in [0.2, 0.25) is 0 Å². The molecular weight excluding hydrogens is 262 g/mol. The maximum Gasteiger partial charge on any atom is 0.164 e. The zero-order chi connectivity index (χ0) is 14.8. The number of benzene rings is 1. The van der Waals surface area contributed by atoms with Crippen LogP contribution in [0.2, 0.25) is 0 Å². The fraction of sp³-hybridized carbons (Fsp3) is 0.294. The fourth-order valence-electron chi connectivity index (χ4n) is 2.55. The van der Waals surface area contributed by atoms with Crippen molar-refractivity contribution in [2.75, 3.05) is 6.61 Å². The molecule has 0 saturated carbocycles. The Balaban J connectivity index is 2.15. The molecule has 0 fully saturated rings. The van der Waals surface area contributed by atoms with Gasteiger partial charge in [-0.3, -0.25) is 4.57 Å². The second kappa shape index (κ2) is 5.66. The van der Waals surface area contributed by atoms with Crippen LogP contribution in [0.25, 0.3) is 16.9 Å². The molecule has 4 heteroatoms. The third-order valence-corrected chi connectivity index (χ3v) is 3.62. The van der Waals surface area contributed by atoms with Crippen LogP contribution in [0.4, 0.5) is 0 Å². The molecule has 4 nitrogen and oxygen atoms in total. The number of hydrogen-bond acceptors (Lipinski definition) is 3. The SMILES string of the molecule is CCc1nc2ccc(C)nc2n1-c1ccc(CCO)cc1. The number of rotatable bonds is 4. The Morgan fingerprint density at radius 2 is 1.81 bits per heavy atom. The third-order valence-electron chi connectivity index (χ3n) is 3.62. The maximum absolute atomic E-state index is 9.00. The average Bonchev–Trinajstić information content (AvgIpc) is 2.86. The molecule has 0 radical (unpaired) electrons. The summed E-state index contributed by atoms with van der Waals surface area (Å²) in [6, 6.07) is 12.2. The fourth-order valence-corrected chi connectivity index (χ4v) is 2.55. The molecule has 0 unspecified atom stereocenters. The molecule has 0 aliphatic carbocycles. The molecule has 0 bridgehead atoms. The van der Waals surface area contributed by atoms with Crippen molar-refractivity contribution in [1.82, 2.24) is 14.5 Å². The predicted octanol–water partition coefficient (Wildman–Crippen LogP) is 2.83. The number of aromatic nitrogens is 3. The van der Waals surface area contributed by atoms with Crippen molar-refractivity contribution in [3.05, 3.63) is 53.5 Å². The van der Waals surface area contributed by atoms with E-state index in [2.05, 4.69) is 33.6 Å². The van der Waals surface area contributed by atoms with Crippen LogP contribution in [0.15, 0.2) is 36.4 Å². The molecule has 0 atom stereocenters. The molecule has 0 amide bonds. The van der Waals surface area contributed by atoms with Crippen LogP contribution in [-0.4, -0.2) is 26.2 Å². The number of aryl methyl sites for hydroxylation is 2. The lowest BCUT2D eigenvalue weighted by Crippen LogP contribution is -2.02. The number of aliphatic hydroxyl groups excluding tert-OH is 1. The second-order valence-corrected chi connectivity index (χ2v) is 5.15. The molecule has 21 heavy (non-hydrogen) atoms. The van der Waals surface area contributed by atoms with Crippen LogP contribution in [0, 0.1) is 6.92 Å². The van der Waals surface area contributed by atoms with Crippen LogP contribution in [-0.2, 0) is 12.8 Å². The highest BCUT2D eigenvalue weighted by atomic mass is 16.2. The van der Waals surface area contributed by atoms with Crippen molar-refractivity contribution < 1.29 is 5.11 Å². The number of hydrogen-bond donors (Lipinski definition) is 1. The van der Waals surface area contributed by atoms with Crippen molar-refractivity contribution in [2.24, 2.45) is 0 Å². The van der Waals surface area contributed by atoms with E-state index in [0.29, 0.717) is 6.42 Å². The van der Waals surface area contributed by atoms with Crippen molar-refractivity contribution in [1.29, 1.82) is 0 Å². The van der Waals surface area contributed by atoms with E-state index in [1.54, 1.807) is 0 Å². The molecule has 1 aromatic carbocycles. The molecule has 0 aliphatic heterocycles. The van der Waals surface area contributed by atoms with Gasteiger partial charge in [-0.2, -0.15) is 0 Å². The Morgan fingerprint density at radius 1 is 1.05 bits per heavy atom. The van der Waals surface area contributed by atoms with Crippen molar-refractivity contribution in [3.63, 3.8) is 0 Å². The van der Waals surface area contributed by atoms with Gasteiger partial charge in [0.25, 0.3) is 0 Å². The average molecular weight is 281 g/mol. The van der Waals surface area contributed by atoms with Gasteiger partial charge in [-0.1, -0.05) is 19.1 Å². The summed E-state index contributed by atoms with van der Waals surface area (Å²) in [4.78, 5) is 9.31. The van der Waals surface area contributed by atoms with Crippen LogP contribution in [0.1, 0.15) is 24.0 Å². The third kappa shape index (κ3) is 2.54. The highest BCUT2D eigenvalue weighted by molar-refractivity contribution is 5.74. The summed E-state index contributed by atoms with van der Waals surface area (Å²) in [5, 5.41) is 9.00. The van der Waals surface area contributed by atoms with Gasteiger partial charge in [0.05, 0.1) is 0 Å². The Labute approximate surface area is 124 Å². The molecule has 0 aliphatic rings. The minimum Gasteiger partial charge on any atom is -0.396 e. The van der Waals surface area contributed by atoms with Gasteiger partial charge < -0.3 is 5.11 Å². The molecule has 3 rings (SSSR count). The van der Waals surface area contributed by atoms with Crippen molar-refractivity contribution >= 4 is 11.2 Å². The topological polar surface area (TPSA) is 50.9 Å². The lowest BCUT2D eigenvalue weighted by atomic mass is 10.1. The number of aliphatic hydroxyl groups is 1. The summed E-state index contributed by atoms with van der Waals surface area (Å²) < 4.78 is 2.12. The summed E-state index contributed by atoms with van der Waals surface area (Å²) in [6.07, 6.45) is 1.54. The quantitative estimate of drug-likeness (QED) is 0.800. The second-order valence-electron chi connectivity index (χ2n) is 5.15. The van der Waals surface area contributed by atoms with E-state index in [1.165, 1.54) is 0 Å². The smallest absolute Gasteiger partial charge is 0.164 e. The molecule has 0 saturated heterocycles. The zero-order valence-electron chi connectivity index (χ0n) is 12.4. The molecule has 3 aromatic rings. The molecule has 108 valence electrons.